The quantitative estimate of drug-likeness (QED) is 0.618. The van der Waals surface area contributed by atoms with E-state index in [9.17, 15) is 13.4 Å². The number of aryl methyl sites for hydroxylation is 1. The van der Waals surface area contributed by atoms with Crippen molar-refractivity contribution in [2.24, 2.45) is 7.05 Å². The number of benzene rings is 2. The maximum absolute atomic E-state index is 13.8. The van der Waals surface area contributed by atoms with Crippen molar-refractivity contribution in [3.63, 3.8) is 0 Å². The molecular formula is C23H24FNO3S. The number of hydrogen-bond donors (Lipinski definition) is 0. The summed E-state index contributed by atoms with van der Waals surface area (Å²) < 4.78 is 33.8. The molecule has 1 atom stereocenters. The molecule has 1 heterocycles. The molecule has 0 bridgehead atoms. The molecule has 4 rings (SSSR count). The summed E-state index contributed by atoms with van der Waals surface area (Å²) in [5.74, 6) is 0.254. The summed E-state index contributed by atoms with van der Waals surface area (Å²) in [6, 6.07) is 9.79. The third-order valence-electron chi connectivity index (χ3n) is 5.56. The fraction of sp³-hybridized carbons (Fsp3) is 0.348. The van der Waals surface area contributed by atoms with E-state index in [1.54, 1.807) is 25.6 Å². The van der Waals surface area contributed by atoms with E-state index in [2.05, 4.69) is 0 Å². The van der Waals surface area contributed by atoms with Crippen LogP contribution in [0.4, 0.5) is 4.39 Å². The van der Waals surface area contributed by atoms with Crippen molar-refractivity contribution in [3.8, 4) is 16.9 Å². The van der Waals surface area contributed by atoms with E-state index in [1.165, 1.54) is 23.1 Å². The van der Waals surface area contributed by atoms with Crippen molar-refractivity contribution in [1.82, 2.24) is 4.57 Å². The summed E-state index contributed by atoms with van der Waals surface area (Å²) in [5, 5.41) is 0.971. The van der Waals surface area contributed by atoms with Crippen LogP contribution in [0.5, 0.6) is 5.75 Å². The summed E-state index contributed by atoms with van der Waals surface area (Å²) >= 11 is 0. The summed E-state index contributed by atoms with van der Waals surface area (Å²) in [6.07, 6.45) is 9.09. The van der Waals surface area contributed by atoms with Crippen LogP contribution in [0.15, 0.2) is 52.3 Å². The minimum atomic E-state index is -1.16. The number of pyridine rings is 1. The van der Waals surface area contributed by atoms with Gasteiger partial charge in [-0.15, -0.1) is 0 Å². The molecule has 1 saturated carbocycles. The second-order valence-electron chi connectivity index (χ2n) is 7.64. The molecule has 1 aliphatic rings. The highest BCUT2D eigenvalue weighted by Crippen LogP contribution is 2.37. The summed E-state index contributed by atoms with van der Waals surface area (Å²) in [4.78, 5) is 13.2. The minimum Gasteiger partial charge on any atom is -0.490 e. The van der Waals surface area contributed by atoms with Crippen LogP contribution >= 0.6 is 0 Å². The Hall–Kier alpha value is -2.47. The fourth-order valence-electron chi connectivity index (χ4n) is 4.02. The summed E-state index contributed by atoms with van der Waals surface area (Å²) in [5.41, 5.74) is 1.28. The van der Waals surface area contributed by atoms with E-state index in [-0.39, 0.29) is 11.7 Å². The van der Waals surface area contributed by atoms with E-state index < -0.39 is 16.6 Å². The van der Waals surface area contributed by atoms with Crippen molar-refractivity contribution in [1.29, 1.82) is 0 Å². The molecule has 0 radical (unpaired) electrons. The van der Waals surface area contributed by atoms with E-state index in [1.807, 2.05) is 18.2 Å². The van der Waals surface area contributed by atoms with Crippen LogP contribution in [-0.4, -0.2) is 21.1 Å². The van der Waals surface area contributed by atoms with Gasteiger partial charge < -0.3 is 9.30 Å². The highest BCUT2D eigenvalue weighted by molar-refractivity contribution is 7.84. The van der Waals surface area contributed by atoms with Crippen LogP contribution in [0.1, 0.15) is 32.1 Å². The first kappa shape index (κ1) is 19.8. The molecule has 0 spiro atoms. The van der Waals surface area contributed by atoms with Crippen LogP contribution in [0.2, 0.25) is 0 Å². The van der Waals surface area contributed by atoms with Gasteiger partial charge in [-0.1, -0.05) is 12.5 Å². The molecule has 3 aromatic rings. The average molecular weight is 414 g/mol. The van der Waals surface area contributed by atoms with E-state index >= 15 is 0 Å². The molecule has 1 aromatic heterocycles. The molecular weight excluding hydrogens is 389 g/mol. The SMILES string of the molecule is Cn1cc(-c2cc(S(C)=O)ccc2OC2CCCCC2)c2ccc(F)cc2c1=O. The maximum Gasteiger partial charge on any atom is 0.258 e. The highest BCUT2D eigenvalue weighted by atomic mass is 32.2. The van der Waals surface area contributed by atoms with Crippen molar-refractivity contribution >= 4 is 21.6 Å². The predicted molar refractivity (Wildman–Crippen MR) is 114 cm³/mol. The number of fused-ring (bicyclic) bond motifs is 1. The van der Waals surface area contributed by atoms with Crippen LogP contribution in [0.25, 0.3) is 21.9 Å². The van der Waals surface area contributed by atoms with Gasteiger partial charge in [-0.05, 0) is 61.4 Å². The van der Waals surface area contributed by atoms with Crippen molar-refractivity contribution in [2.75, 3.05) is 6.26 Å². The Morgan fingerprint density at radius 1 is 1.03 bits per heavy atom. The lowest BCUT2D eigenvalue weighted by Crippen LogP contribution is -2.20. The van der Waals surface area contributed by atoms with E-state index in [4.69, 9.17) is 4.74 Å². The molecule has 0 aliphatic heterocycles. The van der Waals surface area contributed by atoms with Gasteiger partial charge >= 0.3 is 0 Å². The first-order valence-electron chi connectivity index (χ1n) is 9.87. The normalized spacial score (nSPS) is 16.1. The Balaban J connectivity index is 1.93. The zero-order valence-electron chi connectivity index (χ0n) is 16.6. The third kappa shape index (κ3) is 3.99. The minimum absolute atomic E-state index is 0.150. The molecule has 1 fully saturated rings. The molecule has 0 amide bonds. The molecule has 152 valence electrons. The molecule has 6 heteroatoms. The van der Waals surface area contributed by atoms with Crippen molar-refractivity contribution < 1.29 is 13.3 Å². The maximum atomic E-state index is 13.8. The van der Waals surface area contributed by atoms with Crippen LogP contribution < -0.4 is 10.3 Å². The Kier molecular flexibility index (Phi) is 5.54. The molecule has 29 heavy (non-hydrogen) atoms. The topological polar surface area (TPSA) is 48.3 Å². The van der Waals surface area contributed by atoms with Gasteiger partial charge in [-0.25, -0.2) is 4.39 Å². The predicted octanol–water partition coefficient (Wildman–Crippen LogP) is 4.79. The van der Waals surface area contributed by atoms with Gasteiger partial charge in [0.15, 0.2) is 0 Å². The molecule has 2 aromatic carbocycles. The van der Waals surface area contributed by atoms with E-state index in [0.717, 1.165) is 36.8 Å². The number of nitrogens with zero attached hydrogens (tertiary/aromatic N) is 1. The van der Waals surface area contributed by atoms with Gasteiger partial charge in [0.25, 0.3) is 5.56 Å². The zero-order chi connectivity index (χ0) is 20.5. The number of aromatic nitrogens is 1. The van der Waals surface area contributed by atoms with Gasteiger partial charge in [-0.3, -0.25) is 9.00 Å². The lowest BCUT2D eigenvalue weighted by atomic mass is 9.97. The number of hydrogen-bond acceptors (Lipinski definition) is 3. The van der Waals surface area contributed by atoms with Gasteiger partial charge in [0.1, 0.15) is 11.6 Å². The van der Waals surface area contributed by atoms with Gasteiger partial charge in [-0.2, -0.15) is 0 Å². The summed E-state index contributed by atoms with van der Waals surface area (Å²) in [6.45, 7) is 0. The lowest BCUT2D eigenvalue weighted by molar-refractivity contribution is 0.155. The Labute approximate surface area is 171 Å². The second kappa shape index (κ2) is 8.11. The Bertz CT molecular complexity index is 1150. The first-order valence-corrected chi connectivity index (χ1v) is 11.4. The highest BCUT2D eigenvalue weighted by Gasteiger charge is 2.20. The van der Waals surface area contributed by atoms with Gasteiger partial charge in [0.2, 0.25) is 0 Å². The third-order valence-corrected chi connectivity index (χ3v) is 6.48. The zero-order valence-corrected chi connectivity index (χ0v) is 17.4. The van der Waals surface area contributed by atoms with Crippen molar-refractivity contribution in [3.05, 3.63) is 58.8 Å². The number of ether oxygens (including phenoxy) is 1. The molecule has 4 nitrogen and oxygen atoms in total. The van der Waals surface area contributed by atoms with Crippen LogP contribution in [0.3, 0.4) is 0 Å². The van der Waals surface area contributed by atoms with E-state index in [0.29, 0.717) is 21.4 Å². The molecule has 1 unspecified atom stereocenters. The fourth-order valence-corrected chi connectivity index (χ4v) is 4.56. The average Bonchev–Trinajstić information content (AvgIpc) is 2.72. The monoisotopic (exact) mass is 413 g/mol. The summed E-state index contributed by atoms with van der Waals surface area (Å²) in [7, 11) is 0.493. The lowest BCUT2D eigenvalue weighted by Gasteiger charge is -2.25. The van der Waals surface area contributed by atoms with Crippen molar-refractivity contribution in [2.45, 2.75) is 43.1 Å². The standard InChI is InChI=1S/C23H24FNO3S/c1-25-14-21(18-10-8-15(24)12-20(18)23(25)26)19-13-17(29(2)27)9-11-22(19)28-16-6-4-3-5-7-16/h8-14,16H,3-7H2,1-2H3. The Morgan fingerprint density at radius 2 is 1.79 bits per heavy atom. The van der Waals surface area contributed by atoms with Gasteiger partial charge in [0, 0.05) is 46.3 Å². The second-order valence-corrected chi connectivity index (χ2v) is 9.02. The number of rotatable bonds is 4. The first-order chi connectivity index (χ1) is 13.9. The molecule has 0 N–H and O–H groups in total. The largest absolute Gasteiger partial charge is 0.490 e. The molecule has 1 aliphatic carbocycles. The van der Waals surface area contributed by atoms with Gasteiger partial charge in [0.05, 0.1) is 11.5 Å². The van der Waals surface area contributed by atoms with Crippen LogP contribution in [-0.2, 0) is 17.8 Å². The molecule has 0 saturated heterocycles. The number of halogens is 1. The Morgan fingerprint density at radius 3 is 2.52 bits per heavy atom. The van der Waals surface area contributed by atoms with Crippen LogP contribution in [0, 0.1) is 5.82 Å². The smallest absolute Gasteiger partial charge is 0.258 e.